The van der Waals surface area contributed by atoms with E-state index in [4.69, 9.17) is 14.2 Å². The number of hydrogen-bond acceptors (Lipinski definition) is 4. The third-order valence-corrected chi connectivity index (χ3v) is 3.29. The van der Waals surface area contributed by atoms with Crippen molar-refractivity contribution in [2.45, 2.75) is 19.4 Å². The molecule has 0 aromatic heterocycles. The fourth-order valence-corrected chi connectivity index (χ4v) is 2.50. The van der Waals surface area contributed by atoms with Gasteiger partial charge in [-0.3, -0.25) is 0 Å². The summed E-state index contributed by atoms with van der Waals surface area (Å²) < 4.78 is 16.6. The molecule has 1 aliphatic rings. The molecule has 0 saturated carbocycles. The molecule has 1 unspecified atom stereocenters. The van der Waals surface area contributed by atoms with Crippen LogP contribution in [0.1, 0.15) is 24.1 Å². The molecule has 2 rings (SSSR count). The molecule has 0 amide bonds. The number of ether oxygens (including phenoxy) is 3. The molecule has 0 bridgehead atoms. The normalized spacial score (nSPS) is 18.9. The molecule has 1 aromatic carbocycles. The molecule has 18 heavy (non-hydrogen) atoms. The zero-order chi connectivity index (χ0) is 13.0. The quantitative estimate of drug-likeness (QED) is 0.887. The Morgan fingerprint density at radius 2 is 2.00 bits per heavy atom. The molecule has 1 aromatic rings. The summed E-state index contributed by atoms with van der Waals surface area (Å²) >= 11 is 0. The molecule has 4 nitrogen and oxygen atoms in total. The van der Waals surface area contributed by atoms with Crippen LogP contribution in [0.4, 0.5) is 0 Å². The van der Waals surface area contributed by atoms with Crippen molar-refractivity contribution in [2.75, 3.05) is 34.0 Å². The van der Waals surface area contributed by atoms with Crippen molar-refractivity contribution in [3.8, 4) is 11.5 Å². The van der Waals surface area contributed by atoms with Crippen LogP contribution in [-0.2, 0) is 11.2 Å². The van der Waals surface area contributed by atoms with E-state index in [1.807, 2.05) is 12.1 Å². The van der Waals surface area contributed by atoms with Crippen LogP contribution in [0.3, 0.4) is 0 Å². The highest BCUT2D eigenvalue weighted by molar-refractivity contribution is 5.51. The van der Waals surface area contributed by atoms with E-state index >= 15 is 0 Å². The smallest absolute Gasteiger partial charge is 0.124 e. The third-order valence-electron chi connectivity index (χ3n) is 3.29. The number of hydrogen-bond donors (Lipinski definition) is 1. The van der Waals surface area contributed by atoms with Gasteiger partial charge in [0.2, 0.25) is 0 Å². The molecule has 4 heteroatoms. The van der Waals surface area contributed by atoms with Gasteiger partial charge in [-0.05, 0) is 25.1 Å². The zero-order valence-electron chi connectivity index (χ0n) is 11.3. The monoisotopic (exact) mass is 251 g/mol. The summed E-state index contributed by atoms with van der Waals surface area (Å²) in [7, 11) is 3.41. The van der Waals surface area contributed by atoms with Gasteiger partial charge in [0.25, 0.3) is 0 Å². The summed E-state index contributed by atoms with van der Waals surface area (Å²) in [5.41, 5.74) is 2.37. The number of likely N-dealkylation sites (N-methyl/N-ethyl adjacent to an activating group) is 1. The second kappa shape index (κ2) is 6.07. The minimum atomic E-state index is 0.164. The van der Waals surface area contributed by atoms with Gasteiger partial charge in [-0.25, -0.2) is 0 Å². The molecule has 0 saturated heterocycles. The van der Waals surface area contributed by atoms with E-state index in [2.05, 4.69) is 12.2 Å². The van der Waals surface area contributed by atoms with Crippen molar-refractivity contribution < 1.29 is 14.2 Å². The highest BCUT2D eigenvalue weighted by atomic mass is 16.5. The Morgan fingerprint density at radius 3 is 2.67 bits per heavy atom. The van der Waals surface area contributed by atoms with Crippen molar-refractivity contribution in [3.05, 3.63) is 23.3 Å². The number of methoxy groups -OCH3 is 2. The Bertz CT molecular complexity index is 406. The van der Waals surface area contributed by atoms with Crippen molar-refractivity contribution in [1.29, 1.82) is 0 Å². The van der Waals surface area contributed by atoms with E-state index in [0.29, 0.717) is 6.61 Å². The van der Waals surface area contributed by atoms with Crippen LogP contribution in [0.15, 0.2) is 12.1 Å². The predicted octanol–water partition coefficient (Wildman–Crippen LogP) is 1.93. The van der Waals surface area contributed by atoms with Crippen LogP contribution in [0.2, 0.25) is 0 Å². The van der Waals surface area contributed by atoms with Crippen molar-refractivity contribution in [1.82, 2.24) is 5.32 Å². The average Bonchev–Trinajstić information content (AvgIpc) is 2.61. The first-order valence-corrected chi connectivity index (χ1v) is 6.36. The summed E-state index contributed by atoms with van der Waals surface area (Å²) in [6, 6.07) is 4.09. The third kappa shape index (κ3) is 2.44. The van der Waals surface area contributed by atoms with E-state index in [1.165, 1.54) is 11.1 Å². The highest BCUT2D eigenvalue weighted by Crippen LogP contribution is 2.37. The van der Waals surface area contributed by atoms with Gasteiger partial charge in [-0.1, -0.05) is 6.92 Å². The van der Waals surface area contributed by atoms with E-state index in [1.54, 1.807) is 14.2 Å². The Kier molecular flexibility index (Phi) is 4.44. The maximum Gasteiger partial charge on any atom is 0.124 e. The lowest BCUT2D eigenvalue weighted by atomic mass is 9.97. The molecule has 0 radical (unpaired) electrons. The summed E-state index contributed by atoms with van der Waals surface area (Å²) in [6.45, 7) is 4.38. The second-order valence-electron chi connectivity index (χ2n) is 4.30. The largest absolute Gasteiger partial charge is 0.496 e. The Hall–Kier alpha value is -1.26. The van der Waals surface area contributed by atoms with Gasteiger partial charge in [-0.15, -0.1) is 0 Å². The minimum Gasteiger partial charge on any atom is -0.496 e. The van der Waals surface area contributed by atoms with Crippen LogP contribution < -0.4 is 14.8 Å². The van der Waals surface area contributed by atoms with Crippen LogP contribution in [-0.4, -0.2) is 34.0 Å². The van der Waals surface area contributed by atoms with Crippen LogP contribution in [0.25, 0.3) is 0 Å². The summed E-state index contributed by atoms with van der Waals surface area (Å²) in [4.78, 5) is 0. The first-order chi connectivity index (χ1) is 8.81. The SMILES string of the molecule is CCNC1COCCc2c(OC)ccc(OC)c21. The number of rotatable bonds is 4. The van der Waals surface area contributed by atoms with Crippen LogP contribution >= 0.6 is 0 Å². The van der Waals surface area contributed by atoms with Crippen LogP contribution in [0, 0.1) is 0 Å². The molecule has 1 aliphatic heterocycles. The lowest BCUT2D eigenvalue weighted by Crippen LogP contribution is -2.25. The summed E-state index contributed by atoms with van der Waals surface area (Å²) in [6.07, 6.45) is 0.859. The predicted molar refractivity (Wildman–Crippen MR) is 70.5 cm³/mol. The molecule has 100 valence electrons. The Morgan fingerprint density at radius 1 is 1.28 bits per heavy atom. The van der Waals surface area contributed by atoms with E-state index in [-0.39, 0.29) is 6.04 Å². The molecule has 0 spiro atoms. The minimum absolute atomic E-state index is 0.164. The van der Waals surface area contributed by atoms with Gasteiger partial charge < -0.3 is 19.5 Å². The van der Waals surface area contributed by atoms with Gasteiger partial charge in [0.1, 0.15) is 11.5 Å². The van der Waals surface area contributed by atoms with Gasteiger partial charge in [0.15, 0.2) is 0 Å². The molecular weight excluding hydrogens is 230 g/mol. The maximum atomic E-state index is 5.67. The lowest BCUT2D eigenvalue weighted by molar-refractivity contribution is 0.121. The maximum absolute atomic E-state index is 5.67. The fraction of sp³-hybridized carbons (Fsp3) is 0.571. The Labute approximate surface area is 108 Å². The van der Waals surface area contributed by atoms with Crippen molar-refractivity contribution >= 4 is 0 Å². The second-order valence-corrected chi connectivity index (χ2v) is 4.30. The lowest BCUT2D eigenvalue weighted by Gasteiger charge is -2.22. The van der Waals surface area contributed by atoms with E-state index in [0.717, 1.165) is 31.1 Å². The van der Waals surface area contributed by atoms with Gasteiger partial charge in [-0.2, -0.15) is 0 Å². The topological polar surface area (TPSA) is 39.7 Å². The summed E-state index contributed by atoms with van der Waals surface area (Å²) in [5.74, 6) is 1.82. The molecular formula is C14H21NO3. The van der Waals surface area contributed by atoms with Crippen LogP contribution in [0.5, 0.6) is 11.5 Å². The first-order valence-electron chi connectivity index (χ1n) is 6.36. The standard InChI is InChI=1S/C14H21NO3/c1-4-15-11-9-18-8-7-10-12(16-2)5-6-13(17-3)14(10)11/h5-6,11,15H,4,7-9H2,1-3H3. The van der Waals surface area contributed by atoms with E-state index in [9.17, 15) is 0 Å². The van der Waals surface area contributed by atoms with Crippen molar-refractivity contribution in [2.24, 2.45) is 0 Å². The van der Waals surface area contributed by atoms with Gasteiger partial charge in [0, 0.05) is 11.1 Å². The molecule has 1 heterocycles. The molecule has 1 N–H and O–H groups in total. The first kappa shape index (κ1) is 13.2. The van der Waals surface area contributed by atoms with E-state index < -0.39 is 0 Å². The number of fused-ring (bicyclic) bond motifs is 1. The highest BCUT2D eigenvalue weighted by Gasteiger charge is 2.25. The van der Waals surface area contributed by atoms with Crippen molar-refractivity contribution in [3.63, 3.8) is 0 Å². The molecule has 0 fully saturated rings. The average molecular weight is 251 g/mol. The van der Waals surface area contributed by atoms with Gasteiger partial charge >= 0.3 is 0 Å². The summed E-state index contributed by atoms with van der Waals surface area (Å²) in [5, 5.41) is 3.45. The molecule has 0 aliphatic carbocycles. The van der Waals surface area contributed by atoms with Gasteiger partial charge in [0.05, 0.1) is 33.5 Å². The number of benzene rings is 1. The zero-order valence-corrected chi connectivity index (χ0v) is 11.3. The Balaban J connectivity index is 2.51. The number of nitrogens with one attached hydrogen (secondary N) is 1. The molecule has 1 atom stereocenters. The fourth-order valence-electron chi connectivity index (χ4n) is 2.50.